The number of rotatable bonds is 7. The third-order valence-corrected chi connectivity index (χ3v) is 2.95. The topological polar surface area (TPSA) is 70.2 Å². The van der Waals surface area contributed by atoms with Gasteiger partial charge in [-0.25, -0.2) is 4.79 Å². The average molecular weight is 289 g/mol. The van der Waals surface area contributed by atoms with Crippen molar-refractivity contribution in [3.63, 3.8) is 0 Å². The van der Waals surface area contributed by atoms with E-state index in [9.17, 15) is 9.59 Å². The SMILES string of the molecule is C=CCNC(=O)C(NC(=O)NCc1ccccc1)C(C)C. The molecule has 0 aliphatic heterocycles. The lowest BCUT2D eigenvalue weighted by Gasteiger charge is -2.21. The van der Waals surface area contributed by atoms with Gasteiger partial charge in [-0.05, 0) is 11.5 Å². The van der Waals surface area contributed by atoms with Crippen molar-refractivity contribution in [2.24, 2.45) is 5.92 Å². The number of hydrogen-bond acceptors (Lipinski definition) is 2. The second-order valence-electron chi connectivity index (χ2n) is 5.07. The van der Waals surface area contributed by atoms with Gasteiger partial charge in [-0.1, -0.05) is 50.3 Å². The van der Waals surface area contributed by atoms with E-state index in [-0.39, 0.29) is 17.9 Å². The number of benzene rings is 1. The molecule has 1 unspecified atom stereocenters. The summed E-state index contributed by atoms with van der Waals surface area (Å²) in [7, 11) is 0. The van der Waals surface area contributed by atoms with Crippen LogP contribution in [-0.2, 0) is 11.3 Å². The lowest BCUT2D eigenvalue weighted by Crippen LogP contribution is -2.52. The summed E-state index contributed by atoms with van der Waals surface area (Å²) in [6.45, 7) is 8.12. The summed E-state index contributed by atoms with van der Waals surface area (Å²) in [5.41, 5.74) is 1.00. The van der Waals surface area contributed by atoms with Gasteiger partial charge in [0.25, 0.3) is 0 Å². The largest absolute Gasteiger partial charge is 0.351 e. The number of carbonyl (C=O) groups excluding carboxylic acids is 2. The Balaban J connectivity index is 2.48. The first-order chi connectivity index (χ1) is 10.0. The molecule has 5 nitrogen and oxygen atoms in total. The van der Waals surface area contributed by atoms with E-state index < -0.39 is 6.04 Å². The predicted octanol–water partition coefficient (Wildman–Crippen LogP) is 1.81. The van der Waals surface area contributed by atoms with Crippen LogP contribution in [0.5, 0.6) is 0 Å². The van der Waals surface area contributed by atoms with Crippen molar-refractivity contribution in [2.45, 2.75) is 26.4 Å². The molecule has 0 saturated carbocycles. The van der Waals surface area contributed by atoms with Gasteiger partial charge in [0.1, 0.15) is 6.04 Å². The van der Waals surface area contributed by atoms with E-state index in [1.807, 2.05) is 44.2 Å². The Kier molecular flexibility index (Phi) is 7.01. The van der Waals surface area contributed by atoms with Gasteiger partial charge < -0.3 is 16.0 Å². The first kappa shape index (κ1) is 16.8. The van der Waals surface area contributed by atoms with Gasteiger partial charge >= 0.3 is 6.03 Å². The monoisotopic (exact) mass is 289 g/mol. The summed E-state index contributed by atoms with van der Waals surface area (Å²) in [4.78, 5) is 23.8. The fourth-order valence-corrected chi connectivity index (χ4v) is 1.79. The molecule has 5 heteroatoms. The van der Waals surface area contributed by atoms with Gasteiger partial charge in [-0.3, -0.25) is 4.79 Å². The van der Waals surface area contributed by atoms with Gasteiger partial charge in [-0.2, -0.15) is 0 Å². The molecule has 0 aromatic heterocycles. The Morgan fingerprint density at radius 3 is 2.43 bits per heavy atom. The Morgan fingerprint density at radius 1 is 1.19 bits per heavy atom. The van der Waals surface area contributed by atoms with E-state index in [1.54, 1.807) is 6.08 Å². The molecule has 0 bridgehead atoms. The van der Waals surface area contributed by atoms with Crippen LogP contribution in [-0.4, -0.2) is 24.5 Å². The number of carbonyl (C=O) groups is 2. The Labute approximate surface area is 125 Å². The van der Waals surface area contributed by atoms with Crippen LogP contribution >= 0.6 is 0 Å². The molecule has 3 amide bonds. The van der Waals surface area contributed by atoms with Crippen molar-refractivity contribution in [1.82, 2.24) is 16.0 Å². The first-order valence-electron chi connectivity index (χ1n) is 7.01. The molecule has 0 aliphatic rings. The van der Waals surface area contributed by atoms with Gasteiger partial charge in [0, 0.05) is 13.1 Å². The molecule has 1 atom stereocenters. The van der Waals surface area contributed by atoms with E-state index in [0.29, 0.717) is 13.1 Å². The summed E-state index contributed by atoms with van der Waals surface area (Å²) < 4.78 is 0. The van der Waals surface area contributed by atoms with Crippen molar-refractivity contribution in [3.05, 3.63) is 48.6 Å². The number of amides is 3. The minimum Gasteiger partial charge on any atom is -0.351 e. The van der Waals surface area contributed by atoms with Crippen molar-refractivity contribution >= 4 is 11.9 Å². The fourth-order valence-electron chi connectivity index (χ4n) is 1.79. The van der Waals surface area contributed by atoms with Gasteiger partial charge in [-0.15, -0.1) is 6.58 Å². The summed E-state index contributed by atoms with van der Waals surface area (Å²) in [6, 6.07) is 8.67. The highest BCUT2D eigenvalue weighted by Gasteiger charge is 2.23. The smallest absolute Gasteiger partial charge is 0.315 e. The van der Waals surface area contributed by atoms with Gasteiger partial charge in [0.2, 0.25) is 5.91 Å². The molecule has 1 aromatic carbocycles. The van der Waals surface area contributed by atoms with E-state index in [2.05, 4.69) is 22.5 Å². The number of nitrogens with one attached hydrogen (secondary N) is 3. The normalized spacial score (nSPS) is 11.6. The lowest BCUT2D eigenvalue weighted by molar-refractivity contribution is -0.123. The highest BCUT2D eigenvalue weighted by atomic mass is 16.2. The zero-order valence-corrected chi connectivity index (χ0v) is 12.6. The van der Waals surface area contributed by atoms with Crippen LogP contribution in [0.1, 0.15) is 19.4 Å². The van der Waals surface area contributed by atoms with E-state index in [4.69, 9.17) is 0 Å². The molecule has 3 N–H and O–H groups in total. The second-order valence-corrected chi connectivity index (χ2v) is 5.07. The maximum absolute atomic E-state index is 12.0. The molecule has 114 valence electrons. The molecule has 1 aromatic rings. The number of hydrogen-bond donors (Lipinski definition) is 3. The molecule has 1 rings (SSSR count). The third-order valence-electron chi connectivity index (χ3n) is 2.95. The Morgan fingerprint density at radius 2 is 1.86 bits per heavy atom. The van der Waals surface area contributed by atoms with Gasteiger partial charge in [0.15, 0.2) is 0 Å². The predicted molar refractivity (Wildman–Crippen MR) is 83.6 cm³/mol. The minimum atomic E-state index is -0.569. The molecular weight excluding hydrogens is 266 g/mol. The Hall–Kier alpha value is -2.30. The van der Waals surface area contributed by atoms with E-state index in [1.165, 1.54) is 0 Å². The van der Waals surface area contributed by atoms with Crippen LogP contribution in [0.25, 0.3) is 0 Å². The van der Waals surface area contributed by atoms with E-state index in [0.717, 1.165) is 5.56 Å². The lowest BCUT2D eigenvalue weighted by atomic mass is 10.0. The maximum Gasteiger partial charge on any atom is 0.315 e. The molecule has 0 heterocycles. The van der Waals surface area contributed by atoms with E-state index >= 15 is 0 Å². The molecule has 0 radical (unpaired) electrons. The molecule has 0 saturated heterocycles. The molecule has 21 heavy (non-hydrogen) atoms. The summed E-state index contributed by atoms with van der Waals surface area (Å²) >= 11 is 0. The van der Waals surface area contributed by atoms with Crippen molar-refractivity contribution in [2.75, 3.05) is 6.54 Å². The van der Waals surface area contributed by atoms with Crippen LogP contribution in [0.4, 0.5) is 4.79 Å². The average Bonchev–Trinajstić information content (AvgIpc) is 2.49. The molecule has 0 fully saturated rings. The highest BCUT2D eigenvalue weighted by Crippen LogP contribution is 2.02. The van der Waals surface area contributed by atoms with Crippen LogP contribution in [0.3, 0.4) is 0 Å². The molecular formula is C16H23N3O2. The second kappa shape index (κ2) is 8.79. The zero-order chi connectivity index (χ0) is 15.7. The Bertz CT molecular complexity index is 472. The molecule has 0 spiro atoms. The van der Waals surface area contributed by atoms with Crippen LogP contribution in [0.2, 0.25) is 0 Å². The standard InChI is InChI=1S/C16H23N3O2/c1-4-10-17-15(20)14(12(2)3)19-16(21)18-11-13-8-6-5-7-9-13/h4-9,12,14H,1,10-11H2,2-3H3,(H,17,20)(H2,18,19,21). The fraction of sp³-hybridized carbons (Fsp3) is 0.375. The van der Waals surface area contributed by atoms with Crippen molar-refractivity contribution in [3.8, 4) is 0 Å². The highest BCUT2D eigenvalue weighted by molar-refractivity contribution is 5.87. The van der Waals surface area contributed by atoms with Crippen LogP contribution in [0.15, 0.2) is 43.0 Å². The molecule has 0 aliphatic carbocycles. The third kappa shape index (κ3) is 6.12. The van der Waals surface area contributed by atoms with Crippen LogP contribution < -0.4 is 16.0 Å². The maximum atomic E-state index is 12.0. The van der Waals surface area contributed by atoms with Gasteiger partial charge in [0.05, 0.1) is 0 Å². The van der Waals surface area contributed by atoms with Crippen molar-refractivity contribution in [1.29, 1.82) is 0 Å². The quantitative estimate of drug-likeness (QED) is 0.670. The zero-order valence-electron chi connectivity index (χ0n) is 12.6. The number of urea groups is 1. The van der Waals surface area contributed by atoms with Crippen molar-refractivity contribution < 1.29 is 9.59 Å². The van der Waals surface area contributed by atoms with Crippen LogP contribution in [0, 0.1) is 5.92 Å². The minimum absolute atomic E-state index is 0.00251. The summed E-state index contributed by atoms with van der Waals surface area (Å²) in [5, 5.41) is 8.14. The first-order valence-corrected chi connectivity index (χ1v) is 7.01. The summed E-state index contributed by atoms with van der Waals surface area (Å²) in [6.07, 6.45) is 1.60. The summed E-state index contributed by atoms with van der Waals surface area (Å²) in [5.74, 6) is -0.211.